The van der Waals surface area contributed by atoms with E-state index in [4.69, 9.17) is 0 Å². The Balaban J connectivity index is 1.66. The Hall–Kier alpha value is -2.25. The fraction of sp³-hybridized carbons (Fsp3) is 0.500. The van der Waals surface area contributed by atoms with Gasteiger partial charge < -0.3 is 4.90 Å². The van der Waals surface area contributed by atoms with E-state index in [9.17, 15) is 13.2 Å². The van der Waals surface area contributed by atoms with Crippen LogP contribution in [0.5, 0.6) is 0 Å². The Morgan fingerprint density at radius 1 is 1.13 bits per heavy atom. The average molecular weight is 442 g/mol. The number of rotatable bonds is 6. The number of hydrogen-bond donors (Lipinski definition) is 0. The summed E-state index contributed by atoms with van der Waals surface area (Å²) in [6, 6.07) is 9.29. The first-order valence-corrected chi connectivity index (χ1v) is 12.5. The van der Waals surface area contributed by atoms with Crippen molar-refractivity contribution in [3.05, 3.63) is 58.9 Å². The third kappa shape index (κ3) is 4.67. The van der Waals surface area contributed by atoms with Crippen molar-refractivity contribution in [1.29, 1.82) is 0 Å². The number of carbonyl (C=O) groups excluding carboxylic acids is 1. The van der Waals surface area contributed by atoms with Crippen LogP contribution in [0.1, 0.15) is 59.8 Å². The zero-order valence-electron chi connectivity index (χ0n) is 18.5. The molecule has 0 unspecified atom stereocenters. The zero-order chi connectivity index (χ0) is 22.2. The average Bonchev–Trinajstić information content (AvgIpc) is 3.59. The highest BCUT2D eigenvalue weighted by Gasteiger charge is 2.35. The van der Waals surface area contributed by atoms with Gasteiger partial charge in [0.05, 0.1) is 17.1 Å². The molecule has 0 radical (unpaired) electrons. The molecule has 1 aliphatic heterocycles. The molecular weight excluding hydrogens is 410 g/mol. The summed E-state index contributed by atoms with van der Waals surface area (Å²) in [6.45, 7) is 7.37. The number of amides is 1. The second-order valence-corrected chi connectivity index (χ2v) is 10.9. The van der Waals surface area contributed by atoms with Gasteiger partial charge in [-0.2, -0.15) is 4.31 Å². The molecule has 2 heterocycles. The van der Waals surface area contributed by atoms with E-state index in [2.05, 4.69) is 11.9 Å². The zero-order valence-corrected chi connectivity index (χ0v) is 19.4. The van der Waals surface area contributed by atoms with E-state index in [0.717, 1.165) is 42.5 Å². The van der Waals surface area contributed by atoms with Crippen molar-refractivity contribution < 1.29 is 13.2 Å². The van der Waals surface area contributed by atoms with E-state index in [1.807, 2.05) is 43.0 Å². The topological polar surface area (TPSA) is 70.6 Å². The number of aromatic nitrogens is 1. The smallest absolute Gasteiger partial charge is 0.254 e. The van der Waals surface area contributed by atoms with Crippen LogP contribution in [0.4, 0.5) is 0 Å². The van der Waals surface area contributed by atoms with Gasteiger partial charge in [-0.25, -0.2) is 8.42 Å². The fourth-order valence-electron chi connectivity index (χ4n) is 4.17. The number of piperidine rings is 1. The van der Waals surface area contributed by atoms with Crippen molar-refractivity contribution in [2.45, 2.75) is 63.9 Å². The Labute approximate surface area is 185 Å². The summed E-state index contributed by atoms with van der Waals surface area (Å²) in [5.74, 6) is 0.417. The molecule has 1 aliphatic carbocycles. The lowest BCUT2D eigenvalue weighted by Gasteiger charge is -2.30. The molecule has 31 heavy (non-hydrogen) atoms. The third-order valence-electron chi connectivity index (χ3n) is 6.53. The van der Waals surface area contributed by atoms with Gasteiger partial charge in [0.25, 0.3) is 5.91 Å². The minimum Gasteiger partial charge on any atom is -0.330 e. The summed E-state index contributed by atoms with van der Waals surface area (Å²) in [7, 11) is -3.63. The first kappa shape index (κ1) is 22.0. The number of nitrogens with zero attached hydrogens (tertiary/aromatic N) is 3. The quantitative estimate of drug-likeness (QED) is 0.681. The van der Waals surface area contributed by atoms with Crippen LogP contribution in [-0.2, 0) is 16.6 Å². The lowest BCUT2D eigenvalue weighted by Crippen LogP contribution is -2.38. The van der Waals surface area contributed by atoms with Crippen molar-refractivity contribution in [3.8, 4) is 0 Å². The molecule has 0 N–H and O–H groups in total. The van der Waals surface area contributed by atoms with E-state index in [-0.39, 0.29) is 16.8 Å². The van der Waals surface area contributed by atoms with Crippen molar-refractivity contribution >= 4 is 15.9 Å². The second kappa shape index (κ2) is 8.71. The molecule has 1 aromatic carbocycles. The summed E-state index contributed by atoms with van der Waals surface area (Å²) in [5.41, 5.74) is 2.82. The standard InChI is InChI=1S/C24H31N3O3S/c1-17-9-12-26(13-10-17)31(29,30)23-15-20(14-18(2)19(23)3)24(28)27(22-7-8-22)16-21-6-4-5-11-25-21/h4-6,11,14-15,17,22H,7-10,12-13,16H2,1-3H3. The Kier molecular flexibility index (Phi) is 6.17. The SMILES string of the molecule is Cc1cc(C(=O)N(Cc2ccccn2)C2CC2)cc(S(=O)(=O)N2CCC(C)CC2)c1C. The minimum absolute atomic E-state index is 0.125. The molecule has 6 nitrogen and oxygen atoms in total. The summed E-state index contributed by atoms with van der Waals surface area (Å²) in [6.07, 6.45) is 5.41. The van der Waals surface area contributed by atoms with Gasteiger partial charge in [-0.3, -0.25) is 9.78 Å². The maximum absolute atomic E-state index is 13.5. The highest BCUT2D eigenvalue weighted by molar-refractivity contribution is 7.89. The predicted molar refractivity (Wildman–Crippen MR) is 120 cm³/mol. The Bertz CT molecular complexity index is 1060. The summed E-state index contributed by atoms with van der Waals surface area (Å²) in [4.78, 5) is 19.9. The van der Waals surface area contributed by atoms with Gasteiger partial charge in [0.2, 0.25) is 10.0 Å². The first-order valence-electron chi connectivity index (χ1n) is 11.1. The molecular formula is C24H31N3O3S. The van der Waals surface area contributed by atoms with Gasteiger partial charge in [0.1, 0.15) is 0 Å². The van der Waals surface area contributed by atoms with Crippen molar-refractivity contribution in [2.75, 3.05) is 13.1 Å². The number of pyridine rings is 1. The Morgan fingerprint density at radius 3 is 2.45 bits per heavy atom. The van der Waals surface area contributed by atoms with E-state index in [1.54, 1.807) is 16.6 Å². The van der Waals surface area contributed by atoms with Crippen molar-refractivity contribution in [2.24, 2.45) is 5.92 Å². The third-order valence-corrected chi connectivity index (χ3v) is 8.56. The largest absolute Gasteiger partial charge is 0.330 e. The van der Waals surface area contributed by atoms with Crippen LogP contribution in [0.25, 0.3) is 0 Å². The maximum Gasteiger partial charge on any atom is 0.254 e. The summed E-state index contributed by atoms with van der Waals surface area (Å²) >= 11 is 0. The molecule has 2 fully saturated rings. The summed E-state index contributed by atoms with van der Waals surface area (Å²) in [5, 5.41) is 0. The van der Waals surface area contributed by atoms with Gasteiger partial charge in [-0.05, 0) is 80.8 Å². The van der Waals surface area contributed by atoms with Crippen LogP contribution in [0.2, 0.25) is 0 Å². The molecule has 2 aliphatic rings. The van der Waals surface area contributed by atoms with E-state index < -0.39 is 10.0 Å². The number of aryl methyl sites for hydroxylation is 1. The molecule has 0 spiro atoms. The minimum atomic E-state index is -3.63. The Morgan fingerprint density at radius 2 is 1.84 bits per heavy atom. The van der Waals surface area contributed by atoms with Crippen molar-refractivity contribution in [3.63, 3.8) is 0 Å². The predicted octanol–water partition coefficient (Wildman–Crippen LogP) is 3.92. The first-order chi connectivity index (χ1) is 14.8. The second-order valence-electron chi connectivity index (χ2n) is 8.99. The maximum atomic E-state index is 13.5. The molecule has 2 aromatic rings. The molecule has 0 bridgehead atoms. The highest BCUT2D eigenvalue weighted by atomic mass is 32.2. The van der Waals surface area contributed by atoms with Gasteiger partial charge in [-0.1, -0.05) is 13.0 Å². The molecule has 7 heteroatoms. The molecule has 1 saturated heterocycles. The molecule has 166 valence electrons. The van der Waals surface area contributed by atoms with Crippen molar-refractivity contribution in [1.82, 2.24) is 14.2 Å². The lowest BCUT2D eigenvalue weighted by atomic mass is 10.0. The van der Waals surface area contributed by atoms with Gasteiger partial charge in [0, 0.05) is 30.9 Å². The van der Waals surface area contributed by atoms with Crippen LogP contribution in [-0.4, -0.2) is 47.6 Å². The lowest BCUT2D eigenvalue weighted by molar-refractivity contribution is 0.0727. The van der Waals surface area contributed by atoms with E-state index in [1.165, 1.54) is 0 Å². The molecule has 1 aromatic heterocycles. The van der Waals surface area contributed by atoms with Gasteiger partial charge in [-0.15, -0.1) is 0 Å². The van der Waals surface area contributed by atoms with Crippen LogP contribution in [0.15, 0.2) is 41.4 Å². The molecule has 4 rings (SSSR count). The number of sulfonamides is 1. The molecule has 1 amide bonds. The fourth-order valence-corrected chi connectivity index (χ4v) is 5.96. The van der Waals surface area contributed by atoms with Gasteiger partial charge in [0.15, 0.2) is 0 Å². The van der Waals surface area contributed by atoms with E-state index in [0.29, 0.717) is 31.1 Å². The molecule has 0 atom stereocenters. The van der Waals surface area contributed by atoms with Crippen LogP contribution < -0.4 is 0 Å². The van der Waals surface area contributed by atoms with Crippen LogP contribution in [0.3, 0.4) is 0 Å². The van der Waals surface area contributed by atoms with Crippen LogP contribution >= 0.6 is 0 Å². The monoisotopic (exact) mass is 441 g/mol. The highest BCUT2D eigenvalue weighted by Crippen LogP contribution is 2.32. The van der Waals surface area contributed by atoms with Gasteiger partial charge >= 0.3 is 0 Å². The number of hydrogen-bond acceptors (Lipinski definition) is 4. The number of benzene rings is 1. The molecule has 1 saturated carbocycles. The van der Waals surface area contributed by atoms with Crippen LogP contribution in [0, 0.1) is 19.8 Å². The number of carbonyl (C=O) groups is 1. The normalized spacial score (nSPS) is 18.2. The summed E-state index contributed by atoms with van der Waals surface area (Å²) < 4.78 is 28.5. The van der Waals surface area contributed by atoms with E-state index >= 15 is 0 Å².